The third-order valence-corrected chi connectivity index (χ3v) is 5.55. The van der Waals surface area contributed by atoms with Crippen molar-refractivity contribution in [3.05, 3.63) is 114 Å². The van der Waals surface area contributed by atoms with Gasteiger partial charge in [-0.25, -0.2) is 0 Å². The Morgan fingerprint density at radius 3 is 1.34 bits per heavy atom. The maximum atomic E-state index is 2.23. The van der Waals surface area contributed by atoms with Gasteiger partial charge in [0.05, 0.1) is 0 Å². The van der Waals surface area contributed by atoms with Crippen LogP contribution in [0.3, 0.4) is 0 Å². The highest BCUT2D eigenvalue weighted by Gasteiger charge is 2.06. The Balaban J connectivity index is 0.00000141. The van der Waals surface area contributed by atoms with E-state index in [1.54, 1.807) is 0 Å². The number of benzene rings is 4. The second-order valence-corrected chi connectivity index (χ2v) is 7.88. The van der Waals surface area contributed by atoms with Gasteiger partial charge in [0.15, 0.2) is 0 Å². The predicted molar refractivity (Wildman–Crippen MR) is 141 cm³/mol. The van der Waals surface area contributed by atoms with Gasteiger partial charge < -0.3 is 9.80 Å². The maximum absolute atomic E-state index is 2.23. The number of nitrogens with zero attached hydrogens (tertiary/aromatic N) is 2. The molecule has 0 heterocycles. The molecule has 0 amide bonds. The first-order valence-electron chi connectivity index (χ1n) is 11.3. The normalized spacial score (nSPS) is 10.2. The lowest BCUT2D eigenvalue weighted by molar-refractivity contribution is 1.12. The van der Waals surface area contributed by atoms with E-state index in [0.29, 0.717) is 0 Å². The fourth-order valence-corrected chi connectivity index (χ4v) is 3.64. The third kappa shape index (κ3) is 5.79. The molecule has 2 nitrogen and oxygen atoms in total. The average Bonchev–Trinajstić information content (AvgIpc) is 2.86. The largest absolute Gasteiger partial charge is 0.378 e. The zero-order valence-electron chi connectivity index (χ0n) is 19.9. The van der Waals surface area contributed by atoms with Crippen LogP contribution in [0.2, 0.25) is 0 Å². The molecule has 0 radical (unpaired) electrons. The summed E-state index contributed by atoms with van der Waals surface area (Å²) in [6.07, 6.45) is 0.948. The lowest BCUT2D eigenvalue weighted by Gasteiger charge is -2.20. The van der Waals surface area contributed by atoms with Crippen LogP contribution >= 0.6 is 0 Å². The predicted octanol–water partition coefficient (Wildman–Crippen LogP) is 7.80. The smallest absolute Gasteiger partial charge is 0.0408 e. The van der Waals surface area contributed by atoms with E-state index in [1.165, 1.54) is 39.3 Å². The molecule has 0 N–H and O–H groups in total. The van der Waals surface area contributed by atoms with Crippen LogP contribution in [0.5, 0.6) is 0 Å². The minimum Gasteiger partial charge on any atom is -0.378 e. The summed E-state index contributed by atoms with van der Waals surface area (Å²) in [5.41, 5.74) is 8.74. The molecule has 0 saturated heterocycles. The second-order valence-electron chi connectivity index (χ2n) is 7.88. The molecule has 0 aliphatic rings. The van der Waals surface area contributed by atoms with Crippen molar-refractivity contribution in [2.24, 2.45) is 0 Å². The van der Waals surface area contributed by atoms with Gasteiger partial charge in [0, 0.05) is 38.2 Å². The zero-order chi connectivity index (χ0) is 22.9. The van der Waals surface area contributed by atoms with E-state index < -0.39 is 0 Å². The van der Waals surface area contributed by atoms with Gasteiger partial charge in [-0.3, -0.25) is 0 Å². The Bertz CT molecular complexity index is 1060. The van der Waals surface area contributed by atoms with E-state index in [0.717, 1.165) is 6.42 Å². The summed E-state index contributed by atoms with van der Waals surface area (Å²) in [4.78, 5) is 4.35. The molecule has 0 bridgehead atoms. The van der Waals surface area contributed by atoms with Gasteiger partial charge in [0.25, 0.3) is 0 Å². The van der Waals surface area contributed by atoms with Crippen molar-refractivity contribution in [2.45, 2.75) is 20.3 Å². The fourth-order valence-electron chi connectivity index (χ4n) is 3.64. The lowest BCUT2D eigenvalue weighted by atomic mass is 10.0. The molecule has 0 aliphatic heterocycles. The molecule has 4 aromatic carbocycles. The van der Waals surface area contributed by atoms with Crippen LogP contribution in [-0.2, 0) is 6.42 Å². The molecule has 0 unspecified atom stereocenters. The number of anilines is 3. The Morgan fingerprint density at radius 1 is 0.469 bits per heavy atom. The van der Waals surface area contributed by atoms with Crippen molar-refractivity contribution in [3.8, 4) is 11.1 Å². The SMILES string of the molecule is CC.CN(C)c1ccc(Cc2ccc(N(C)c3ccc(-c4ccccc4)cc3)cc2)cc1. The van der Waals surface area contributed by atoms with Crippen LogP contribution < -0.4 is 9.80 Å². The molecule has 4 aromatic rings. The molecule has 164 valence electrons. The summed E-state index contributed by atoms with van der Waals surface area (Å²) >= 11 is 0. The molecular formula is C30H34N2. The Labute approximate surface area is 193 Å². The van der Waals surface area contributed by atoms with Gasteiger partial charge in [-0.2, -0.15) is 0 Å². The van der Waals surface area contributed by atoms with Gasteiger partial charge in [-0.15, -0.1) is 0 Å². The van der Waals surface area contributed by atoms with Gasteiger partial charge in [0.1, 0.15) is 0 Å². The molecule has 0 aromatic heterocycles. The van der Waals surface area contributed by atoms with Crippen LogP contribution in [0.1, 0.15) is 25.0 Å². The van der Waals surface area contributed by atoms with Gasteiger partial charge in [0.2, 0.25) is 0 Å². The quantitative estimate of drug-likeness (QED) is 0.313. The molecule has 0 atom stereocenters. The molecule has 0 aliphatic carbocycles. The van der Waals surface area contributed by atoms with Crippen molar-refractivity contribution < 1.29 is 0 Å². The van der Waals surface area contributed by atoms with Crippen LogP contribution in [0, 0.1) is 0 Å². The van der Waals surface area contributed by atoms with E-state index in [9.17, 15) is 0 Å². The minimum absolute atomic E-state index is 0.948. The molecule has 32 heavy (non-hydrogen) atoms. The summed E-state index contributed by atoms with van der Waals surface area (Å²) in [5.74, 6) is 0. The molecule has 4 rings (SSSR count). The summed E-state index contributed by atoms with van der Waals surface area (Å²) < 4.78 is 0. The highest BCUT2D eigenvalue weighted by atomic mass is 15.1. The fraction of sp³-hybridized carbons (Fsp3) is 0.200. The maximum Gasteiger partial charge on any atom is 0.0408 e. The first-order chi connectivity index (χ1) is 15.6. The average molecular weight is 423 g/mol. The van der Waals surface area contributed by atoms with Crippen LogP contribution in [-0.4, -0.2) is 21.1 Å². The van der Waals surface area contributed by atoms with Crippen molar-refractivity contribution in [2.75, 3.05) is 30.9 Å². The van der Waals surface area contributed by atoms with Gasteiger partial charge in [-0.1, -0.05) is 80.6 Å². The molecule has 0 saturated carbocycles. The van der Waals surface area contributed by atoms with E-state index in [1.807, 2.05) is 19.9 Å². The Kier molecular flexibility index (Phi) is 8.10. The number of hydrogen-bond acceptors (Lipinski definition) is 2. The summed E-state index contributed by atoms with van der Waals surface area (Å²) in [7, 11) is 6.26. The van der Waals surface area contributed by atoms with Gasteiger partial charge in [-0.05, 0) is 65.1 Å². The van der Waals surface area contributed by atoms with Crippen molar-refractivity contribution in [3.63, 3.8) is 0 Å². The van der Waals surface area contributed by atoms with E-state index in [-0.39, 0.29) is 0 Å². The summed E-state index contributed by atoms with van der Waals surface area (Å²) in [5, 5.41) is 0. The summed E-state index contributed by atoms with van der Waals surface area (Å²) in [6, 6.07) is 36.9. The minimum atomic E-state index is 0.948. The molecule has 0 fully saturated rings. The van der Waals surface area contributed by atoms with Gasteiger partial charge >= 0.3 is 0 Å². The number of rotatable bonds is 6. The lowest BCUT2D eigenvalue weighted by Crippen LogP contribution is -2.09. The monoisotopic (exact) mass is 422 g/mol. The highest BCUT2D eigenvalue weighted by molar-refractivity contribution is 5.69. The Hall–Kier alpha value is -3.52. The van der Waals surface area contributed by atoms with Crippen LogP contribution in [0.15, 0.2) is 103 Å². The molecule has 2 heteroatoms. The van der Waals surface area contributed by atoms with Crippen LogP contribution in [0.25, 0.3) is 11.1 Å². The van der Waals surface area contributed by atoms with E-state index >= 15 is 0 Å². The molecule has 0 spiro atoms. The highest BCUT2D eigenvalue weighted by Crippen LogP contribution is 2.27. The van der Waals surface area contributed by atoms with Crippen molar-refractivity contribution in [1.82, 2.24) is 0 Å². The topological polar surface area (TPSA) is 6.48 Å². The number of hydrogen-bond donors (Lipinski definition) is 0. The standard InChI is InChI=1S/C28H28N2.C2H6/c1-29(2)26-15-9-22(10-16-26)21-23-11-17-27(18-12-23)30(3)28-19-13-25(14-20-28)24-7-5-4-6-8-24;1-2/h4-20H,21H2,1-3H3;1-2H3. The van der Waals surface area contributed by atoms with E-state index in [2.05, 4.69) is 128 Å². The first-order valence-corrected chi connectivity index (χ1v) is 11.3. The Morgan fingerprint density at radius 2 is 0.875 bits per heavy atom. The summed E-state index contributed by atoms with van der Waals surface area (Å²) in [6.45, 7) is 4.00. The zero-order valence-corrected chi connectivity index (χ0v) is 19.9. The van der Waals surface area contributed by atoms with E-state index in [4.69, 9.17) is 0 Å². The third-order valence-electron chi connectivity index (χ3n) is 5.55. The van der Waals surface area contributed by atoms with Crippen molar-refractivity contribution >= 4 is 17.1 Å². The first kappa shape index (κ1) is 23.1. The van der Waals surface area contributed by atoms with Crippen molar-refractivity contribution in [1.29, 1.82) is 0 Å². The second kappa shape index (κ2) is 11.2. The molecular weight excluding hydrogens is 388 g/mol. The van der Waals surface area contributed by atoms with Crippen LogP contribution in [0.4, 0.5) is 17.1 Å².